The normalized spacial score (nSPS) is 11.9. The fourth-order valence-electron chi connectivity index (χ4n) is 2.65. The first-order valence-corrected chi connectivity index (χ1v) is 10.0. The largest absolute Gasteiger partial charge is 0.491 e. The number of nitrogens with zero attached hydrogens (tertiary/aromatic N) is 3. The predicted molar refractivity (Wildman–Crippen MR) is 122 cm³/mol. The molecule has 0 aliphatic heterocycles. The molecule has 0 saturated heterocycles. The van der Waals surface area contributed by atoms with Crippen molar-refractivity contribution < 1.29 is 9.84 Å². The quantitative estimate of drug-likeness (QED) is 0.442. The Morgan fingerprint density at radius 2 is 1.83 bits per heavy atom. The first-order chi connectivity index (χ1) is 14.4. The van der Waals surface area contributed by atoms with Crippen molar-refractivity contribution in [3.63, 3.8) is 0 Å². The molecule has 0 aliphatic rings. The molecule has 0 aliphatic carbocycles. The summed E-state index contributed by atoms with van der Waals surface area (Å²) in [5.74, 6) is 1.67. The molecule has 158 valence electrons. The van der Waals surface area contributed by atoms with Crippen molar-refractivity contribution in [2.24, 2.45) is 0 Å². The zero-order valence-electron chi connectivity index (χ0n) is 16.6. The van der Waals surface area contributed by atoms with E-state index in [0.29, 0.717) is 39.8 Å². The van der Waals surface area contributed by atoms with Crippen LogP contribution in [0.15, 0.2) is 54.7 Å². The van der Waals surface area contributed by atoms with Gasteiger partial charge in [-0.3, -0.25) is 0 Å². The van der Waals surface area contributed by atoms with Crippen molar-refractivity contribution >= 4 is 46.3 Å². The van der Waals surface area contributed by atoms with Crippen LogP contribution < -0.4 is 15.4 Å². The van der Waals surface area contributed by atoms with Gasteiger partial charge in [0, 0.05) is 23.5 Å². The standard InChI is InChI=1S/C21H23Cl2N5O2/c1-28(2)12-16(29)13-30-17-6-4-15(5-7-17)25-21-24-10-9-20(27-21)26-19-11-14(22)3-8-18(19)23/h3-11,16,29H,12-13H2,1-2H3,(H2,24,25,26,27)/t16-/m1/s1. The Labute approximate surface area is 185 Å². The number of anilines is 4. The predicted octanol–water partition coefficient (Wildman–Crippen LogP) is 4.57. The van der Waals surface area contributed by atoms with Crippen LogP contribution in [0, 0.1) is 0 Å². The van der Waals surface area contributed by atoms with Crippen LogP contribution in [-0.4, -0.2) is 53.3 Å². The molecule has 0 saturated carbocycles. The number of halogens is 2. The smallest absolute Gasteiger partial charge is 0.229 e. The summed E-state index contributed by atoms with van der Waals surface area (Å²) in [6, 6.07) is 14.2. The summed E-state index contributed by atoms with van der Waals surface area (Å²) >= 11 is 12.2. The number of likely N-dealkylation sites (N-methyl/N-ethyl adjacent to an activating group) is 1. The van der Waals surface area contributed by atoms with Gasteiger partial charge in [0.15, 0.2) is 0 Å². The van der Waals surface area contributed by atoms with E-state index in [9.17, 15) is 5.11 Å². The van der Waals surface area contributed by atoms with Crippen LogP contribution in [0.2, 0.25) is 10.0 Å². The zero-order valence-corrected chi connectivity index (χ0v) is 18.2. The molecule has 30 heavy (non-hydrogen) atoms. The topological polar surface area (TPSA) is 82.5 Å². The molecule has 1 heterocycles. The molecule has 0 fully saturated rings. The minimum absolute atomic E-state index is 0.230. The van der Waals surface area contributed by atoms with Crippen LogP contribution in [-0.2, 0) is 0 Å². The van der Waals surface area contributed by atoms with Gasteiger partial charge >= 0.3 is 0 Å². The maximum Gasteiger partial charge on any atom is 0.229 e. The summed E-state index contributed by atoms with van der Waals surface area (Å²) in [5.41, 5.74) is 1.46. The van der Waals surface area contributed by atoms with Crippen molar-refractivity contribution in [2.45, 2.75) is 6.10 Å². The average Bonchev–Trinajstić information content (AvgIpc) is 2.70. The lowest BCUT2D eigenvalue weighted by Crippen LogP contribution is -2.30. The number of aromatic nitrogens is 2. The minimum Gasteiger partial charge on any atom is -0.491 e. The summed E-state index contributed by atoms with van der Waals surface area (Å²) in [6.45, 7) is 0.773. The number of rotatable bonds is 9. The second-order valence-corrected chi connectivity index (χ2v) is 7.73. The fraction of sp³-hybridized carbons (Fsp3) is 0.238. The van der Waals surface area contributed by atoms with E-state index in [2.05, 4.69) is 20.6 Å². The van der Waals surface area contributed by atoms with Gasteiger partial charge in [-0.25, -0.2) is 4.98 Å². The van der Waals surface area contributed by atoms with Gasteiger partial charge in [-0.05, 0) is 62.6 Å². The minimum atomic E-state index is -0.547. The maximum atomic E-state index is 9.88. The Morgan fingerprint density at radius 3 is 2.57 bits per heavy atom. The van der Waals surface area contributed by atoms with Gasteiger partial charge in [0.05, 0.1) is 10.7 Å². The van der Waals surface area contributed by atoms with Crippen molar-refractivity contribution in [1.82, 2.24) is 14.9 Å². The molecule has 0 unspecified atom stereocenters. The number of nitrogens with one attached hydrogen (secondary N) is 2. The second kappa shape index (κ2) is 10.4. The molecule has 1 aromatic heterocycles. The maximum absolute atomic E-state index is 9.88. The summed E-state index contributed by atoms with van der Waals surface area (Å²) < 4.78 is 5.61. The Balaban J connectivity index is 1.60. The summed E-state index contributed by atoms with van der Waals surface area (Å²) in [4.78, 5) is 10.6. The van der Waals surface area contributed by atoms with Gasteiger partial charge in [-0.2, -0.15) is 4.98 Å². The van der Waals surface area contributed by atoms with E-state index < -0.39 is 6.10 Å². The third kappa shape index (κ3) is 6.74. The number of ether oxygens (including phenoxy) is 1. The van der Waals surface area contributed by atoms with Gasteiger partial charge < -0.3 is 25.4 Å². The number of benzene rings is 2. The van der Waals surface area contributed by atoms with Crippen molar-refractivity contribution in [3.05, 3.63) is 64.8 Å². The van der Waals surface area contributed by atoms with E-state index in [4.69, 9.17) is 27.9 Å². The van der Waals surface area contributed by atoms with Crippen LogP contribution in [0.5, 0.6) is 5.75 Å². The van der Waals surface area contributed by atoms with Gasteiger partial charge in [0.2, 0.25) is 5.95 Å². The highest BCUT2D eigenvalue weighted by atomic mass is 35.5. The third-order valence-electron chi connectivity index (χ3n) is 3.98. The van der Waals surface area contributed by atoms with E-state index in [-0.39, 0.29) is 6.61 Å². The van der Waals surface area contributed by atoms with E-state index in [1.165, 1.54) is 0 Å². The molecule has 0 radical (unpaired) electrons. The number of aliphatic hydroxyl groups is 1. The summed E-state index contributed by atoms with van der Waals surface area (Å²) in [5, 5.41) is 17.3. The van der Waals surface area contributed by atoms with Gasteiger partial charge in [-0.15, -0.1) is 0 Å². The highest BCUT2D eigenvalue weighted by Gasteiger charge is 2.07. The highest BCUT2D eigenvalue weighted by molar-refractivity contribution is 6.35. The molecule has 9 heteroatoms. The van der Waals surface area contributed by atoms with Gasteiger partial charge in [0.1, 0.15) is 24.3 Å². The number of aliphatic hydroxyl groups excluding tert-OH is 1. The van der Waals surface area contributed by atoms with Crippen molar-refractivity contribution in [2.75, 3.05) is 37.9 Å². The zero-order chi connectivity index (χ0) is 21.5. The average molecular weight is 448 g/mol. The van der Waals surface area contributed by atoms with E-state index in [1.54, 1.807) is 30.5 Å². The molecule has 0 amide bonds. The first kappa shape index (κ1) is 22.1. The molecule has 0 bridgehead atoms. The summed E-state index contributed by atoms with van der Waals surface area (Å²) in [6.07, 6.45) is 1.09. The molecular weight excluding hydrogens is 425 g/mol. The monoisotopic (exact) mass is 447 g/mol. The van der Waals surface area contributed by atoms with E-state index >= 15 is 0 Å². The molecule has 7 nitrogen and oxygen atoms in total. The Hall–Kier alpha value is -2.58. The molecule has 3 N–H and O–H groups in total. The third-order valence-corrected chi connectivity index (χ3v) is 4.54. The number of hydrogen-bond donors (Lipinski definition) is 3. The molecule has 3 aromatic rings. The van der Waals surface area contributed by atoms with Crippen molar-refractivity contribution in [3.8, 4) is 5.75 Å². The van der Waals surface area contributed by atoms with Crippen LogP contribution >= 0.6 is 23.2 Å². The fourth-order valence-corrected chi connectivity index (χ4v) is 2.99. The Kier molecular flexibility index (Phi) is 7.70. The highest BCUT2D eigenvalue weighted by Crippen LogP contribution is 2.28. The molecular formula is C21H23Cl2N5O2. The Bertz CT molecular complexity index is 970. The van der Waals surface area contributed by atoms with Crippen molar-refractivity contribution in [1.29, 1.82) is 0 Å². The Morgan fingerprint density at radius 1 is 1.07 bits per heavy atom. The first-order valence-electron chi connectivity index (χ1n) is 9.27. The van der Waals surface area contributed by atoms with Crippen LogP contribution in [0.3, 0.4) is 0 Å². The molecule has 3 rings (SSSR count). The SMILES string of the molecule is CN(C)C[C@@H](O)COc1ccc(Nc2nccc(Nc3cc(Cl)ccc3Cl)n2)cc1. The molecule has 0 spiro atoms. The second-order valence-electron chi connectivity index (χ2n) is 6.89. The lowest BCUT2D eigenvalue weighted by Gasteiger charge is -2.16. The van der Waals surface area contributed by atoms with E-state index in [1.807, 2.05) is 43.3 Å². The van der Waals surface area contributed by atoms with E-state index in [0.717, 1.165) is 5.69 Å². The van der Waals surface area contributed by atoms with Crippen LogP contribution in [0.25, 0.3) is 0 Å². The lowest BCUT2D eigenvalue weighted by atomic mass is 10.3. The lowest BCUT2D eigenvalue weighted by molar-refractivity contribution is 0.0831. The molecule has 1 atom stereocenters. The number of hydrogen-bond acceptors (Lipinski definition) is 7. The van der Waals surface area contributed by atoms with Crippen LogP contribution in [0.1, 0.15) is 0 Å². The van der Waals surface area contributed by atoms with Gasteiger partial charge in [0.25, 0.3) is 0 Å². The molecule has 2 aromatic carbocycles. The summed E-state index contributed by atoms with van der Waals surface area (Å²) in [7, 11) is 3.81. The van der Waals surface area contributed by atoms with Crippen LogP contribution in [0.4, 0.5) is 23.1 Å². The van der Waals surface area contributed by atoms with Gasteiger partial charge in [-0.1, -0.05) is 23.2 Å².